The highest BCUT2D eigenvalue weighted by Crippen LogP contribution is 2.27. The van der Waals surface area contributed by atoms with Crippen molar-refractivity contribution in [3.8, 4) is 0 Å². The van der Waals surface area contributed by atoms with Crippen molar-refractivity contribution in [1.82, 2.24) is 15.1 Å². The van der Waals surface area contributed by atoms with E-state index in [1.807, 2.05) is 17.9 Å². The summed E-state index contributed by atoms with van der Waals surface area (Å²) in [5, 5.41) is 7.53. The van der Waals surface area contributed by atoms with Gasteiger partial charge < -0.3 is 5.32 Å². The van der Waals surface area contributed by atoms with E-state index in [1.165, 1.54) is 24.9 Å². The van der Waals surface area contributed by atoms with Crippen LogP contribution in [0.5, 0.6) is 0 Å². The molecule has 1 fully saturated rings. The molecular weight excluding hydrogens is 150 g/mol. The van der Waals surface area contributed by atoms with Crippen LogP contribution < -0.4 is 5.32 Å². The molecule has 1 aliphatic carbocycles. The molecule has 3 heteroatoms. The van der Waals surface area contributed by atoms with Gasteiger partial charge in [0, 0.05) is 25.4 Å². The highest BCUT2D eigenvalue weighted by Gasteiger charge is 2.20. The minimum absolute atomic E-state index is 0.960. The smallest absolute Gasteiger partial charge is 0.0534 e. The minimum Gasteiger partial charge on any atom is -0.312 e. The predicted octanol–water partition coefficient (Wildman–Crippen LogP) is 0.920. The Hall–Kier alpha value is -0.830. The topological polar surface area (TPSA) is 29.9 Å². The van der Waals surface area contributed by atoms with Crippen LogP contribution in [0.3, 0.4) is 0 Å². The Morgan fingerprint density at radius 3 is 3.08 bits per heavy atom. The standard InChI is InChI=1S/C9H15N3/c1-12-7-9(6-11-12)5-10-4-8-2-3-8/h6-8,10H,2-5H2,1H3. The van der Waals surface area contributed by atoms with Gasteiger partial charge in [0.05, 0.1) is 6.20 Å². The second-order valence-corrected chi connectivity index (χ2v) is 3.60. The molecule has 1 saturated carbocycles. The van der Waals surface area contributed by atoms with E-state index in [1.54, 1.807) is 0 Å². The zero-order valence-corrected chi connectivity index (χ0v) is 7.45. The summed E-state index contributed by atoms with van der Waals surface area (Å²) < 4.78 is 1.84. The maximum absolute atomic E-state index is 4.11. The van der Waals surface area contributed by atoms with Gasteiger partial charge in [-0.2, -0.15) is 5.10 Å². The molecule has 3 nitrogen and oxygen atoms in total. The third kappa shape index (κ3) is 2.08. The number of nitrogens with one attached hydrogen (secondary N) is 1. The molecule has 0 radical (unpaired) electrons. The largest absolute Gasteiger partial charge is 0.312 e. The van der Waals surface area contributed by atoms with E-state index < -0.39 is 0 Å². The van der Waals surface area contributed by atoms with Gasteiger partial charge in [-0.3, -0.25) is 4.68 Å². The van der Waals surface area contributed by atoms with Crippen molar-refractivity contribution in [3.63, 3.8) is 0 Å². The van der Waals surface area contributed by atoms with Gasteiger partial charge in [0.1, 0.15) is 0 Å². The van der Waals surface area contributed by atoms with E-state index in [0.717, 1.165) is 12.5 Å². The van der Waals surface area contributed by atoms with Crippen LogP contribution >= 0.6 is 0 Å². The SMILES string of the molecule is Cn1cc(CNCC2CC2)cn1. The Bertz CT molecular complexity index is 250. The van der Waals surface area contributed by atoms with E-state index in [0.29, 0.717) is 0 Å². The number of nitrogens with zero attached hydrogens (tertiary/aromatic N) is 2. The van der Waals surface area contributed by atoms with Gasteiger partial charge in [-0.25, -0.2) is 0 Å². The fraction of sp³-hybridized carbons (Fsp3) is 0.667. The monoisotopic (exact) mass is 165 g/mol. The Balaban J connectivity index is 1.71. The molecule has 0 amide bonds. The molecule has 1 aromatic rings. The molecule has 1 heterocycles. The zero-order chi connectivity index (χ0) is 8.39. The maximum Gasteiger partial charge on any atom is 0.0534 e. The second-order valence-electron chi connectivity index (χ2n) is 3.60. The fourth-order valence-electron chi connectivity index (χ4n) is 1.31. The number of aromatic nitrogens is 2. The van der Waals surface area contributed by atoms with Crippen molar-refractivity contribution in [1.29, 1.82) is 0 Å². The van der Waals surface area contributed by atoms with Crippen molar-refractivity contribution < 1.29 is 0 Å². The molecular formula is C9H15N3. The minimum atomic E-state index is 0.960. The number of hydrogen-bond acceptors (Lipinski definition) is 2. The van der Waals surface area contributed by atoms with Gasteiger partial charge in [0.25, 0.3) is 0 Å². The lowest BCUT2D eigenvalue weighted by Gasteiger charge is -1.99. The number of rotatable bonds is 4. The first-order valence-corrected chi connectivity index (χ1v) is 4.53. The van der Waals surface area contributed by atoms with E-state index in [2.05, 4.69) is 16.6 Å². The summed E-state index contributed by atoms with van der Waals surface area (Å²) in [4.78, 5) is 0. The maximum atomic E-state index is 4.11. The van der Waals surface area contributed by atoms with E-state index >= 15 is 0 Å². The van der Waals surface area contributed by atoms with Gasteiger partial charge in [0.2, 0.25) is 0 Å². The first-order valence-electron chi connectivity index (χ1n) is 4.53. The fourth-order valence-corrected chi connectivity index (χ4v) is 1.31. The molecule has 0 atom stereocenters. The van der Waals surface area contributed by atoms with Gasteiger partial charge in [-0.15, -0.1) is 0 Å². The van der Waals surface area contributed by atoms with Gasteiger partial charge in [-0.1, -0.05) is 0 Å². The molecule has 1 aliphatic rings. The molecule has 12 heavy (non-hydrogen) atoms. The van der Waals surface area contributed by atoms with Crippen LogP contribution in [0.4, 0.5) is 0 Å². The molecule has 1 aromatic heterocycles. The Morgan fingerprint density at radius 1 is 1.67 bits per heavy atom. The average Bonchev–Trinajstić information content (AvgIpc) is 2.76. The first-order chi connectivity index (χ1) is 5.84. The van der Waals surface area contributed by atoms with Crippen LogP contribution in [0.15, 0.2) is 12.4 Å². The van der Waals surface area contributed by atoms with Crippen molar-refractivity contribution in [2.24, 2.45) is 13.0 Å². The molecule has 0 spiro atoms. The third-order valence-corrected chi connectivity index (χ3v) is 2.22. The number of aryl methyl sites for hydroxylation is 1. The van der Waals surface area contributed by atoms with Crippen LogP contribution in [-0.2, 0) is 13.6 Å². The van der Waals surface area contributed by atoms with Crippen molar-refractivity contribution in [2.45, 2.75) is 19.4 Å². The average molecular weight is 165 g/mol. The Kier molecular flexibility index (Phi) is 2.13. The summed E-state index contributed by atoms with van der Waals surface area (Å²) in [6, 6.07) is 0. The molecule has 2 rings (SSSR count). The lowest BCUT2D eigenvalue weighted by molar-refractivity contribution is 0.638. The highest BCUT2D eigenvalue weighted by molar-refractivity contribution is 5.02. The van der Waals surface area contributed by atoms with Crippen LogP contribution in [-0.4, -0.2) is 16.3 Å². The summed E-state index contributed by atoms with van der Waals surface area (Å²) in [6.45, 7) is 2.14. The summed E-state index contributed by atoms with van der Waals surface area (Å²) >= 11 is 0. The predicted molar refractivity (Wildman–Crippen MR) is 47.6 cm³/mol. The molecule has 1 N–H and O–H groups in total. The summed E-state index contributed by atoms with van der Waals surface area (Å²) in [5.41, 5.74) is 1.28. The van der Waals surface area contributed by atoms with Crippen molar-refractivity contribution >= 4 is 0 Å². The molecule has 0 unspecified atom stereocenters. The van der Waals surface area contributed by atoms with Crippen LogP contribution in [0.2, 0.25) is 0 Å². The zero-order valence-electron chi connectivity index (χ0n) is 7.45. The normalized spacial score (nSPS) is 16.8. The summed E-state index contributed by atoms with van der Waals surface area (Å²) in [5.74, 6) is 0.960. The van der Waals surface area contributed by atoms with E-state index in [9.17, 15) is 0 Å². The second kappa shape index (κ2) is 3.27. The van der Waals surface area contributed by atoms with E-state index in [4.69, 9.17) is 0 Å². The number of hydrogen-bond donors (Lipinski definition) is 1. The molecule has 0 aromatic carbocycles. The Labute approximate surface area is 72.8 Å². The summed E-state index contributed by atoms with van der Waals surface area (Å²) in [6.07, 6.45) is 6.81. The van der Waals surface area contributed by atoms with Gasteiger partial charge >= 0.3 is 0 Å². The highest BCUT2D eigenvalue weighted by atomic mass is 15.2. The lowest BCUT2D eigenvalue weighted by Crippen LogP contribution is -2.15. The van der Waals surface area contributed by atoms with Crippen LogP contribution in [0, 0.1) is 5.92 Å². The molecule has 0 aliphatic heterocycles. The van der Waals surface area contributed by atoms with Crippen molar-refractivity contribution in [2.75, 3.05) is 6.54 Å². The molecule has 0 saturated heterocycles. The molecule has 0 bridgehead atoms. The van der Waals surface area contributed by atoms with Gasteiger partial charge in [0.15, 0.2) is 0 Å². The van der Waals surface area contributed by atoms with E-state index in [-0.39, 0.29) is 0 Å². The third-order valence-electron chi connectivity index (χ3n) is 2.22. The van der Waals surface area contributed by atoms with Gasteiger partial charge in [-0.05, 0) is 25.3 Å². The summed E-state index contributed by atoms with van der Waals surface area (Å²) in [7, 11) is 1.95. The molecule has 66 valence electrons. The van der Waals surface area contributed by atoms with Crippen molar-refractivity contribution in [3.05, 3.63) is 18.0 Å². The first kappa shape index (κ1) is 7.80. The van der Waals surface area contributed by atoms with Crippen LogP contribution in [0.1, 0.15) is 18.4 Å². The lowest BCUT2D eigenvalue weighted by atomic mass is 10.3. The van der Waals surface area contributed by atoms with Crippen LogP contribution in [0.25, 0.3) is 0 Å². The Morgan fingerprint density at radius 2 is 2.50 bits per heavy atom. The quantitative estimate of drug-likeness (QED) is 0.719.